The Bertz CT molecular complexity index is 1110. The van der Waals surface area contributed by atoms with E-state index >= 15 is 0 Å². The first-order chi connectivity index (χ1) is 27.6. The van der Waals surface area contributed by atoms with Crippen LogP contribution < -0.4 is 5.73 Å². The Morgan fingerprint density at radius 1 is 0.544 bits per heavy atom. The lowest BCUT2D eigenvalue weighted by Crippen LogP contribution is -2.34. The SMILES string of the molecule is CCCCCCCC/C=C/C/C=C/C/C=C/CCCC(=O)OC[C@H](COP(=O)(O)OC[C@H](N)C(=O)O)OC(=O)CCCCCCCCCCCCCCCCCC. The molecule has 0 saturated heterocycles. The summed E-state index contributed by atoms with van der Waals surface area (Å²) in [5.41, 5.74) is 5.33. The Hall–Kier alpha value is -2.30. The number of phosphoric acid groups is 1. The molecule has 0 aliphatic carbocycles. The molecule has 0 saturated carbocycles. The second-order valence-corrected chi connectivity index (χ2v) is 16.6. The van der Waals surface area contributed by atoms with Gasteiger partial charge < -0.3 is 25.2 Å². The molecule has 11 nitrogen and oxygen atoms in total. The highest BCUT2D eigenvalue weighted by molar-refractivity contribution is 7.47. The summed E-state index contributed by atoms with van der Waals surface area (Å²) in [7, 11) is -4.72. The van der Waals surface area contributed by atoms with Crippen molar-refractivity contribution >= 4 is 25.7 Å². The molecule has 0 aromatic heterocycles. The zero-order chi connectivity index (χ0) is 42.1. The molecule has 1 unspecified atom stereocenters. The minimum Gasteiger partial charge on any atom is -0.480 e. The van der Waals surface area contributed by atoms with Gasteiger partial charge in [-0.15, -0.1) is 0 Å². The van der Waals surface area contributed by atoms with Crippen molar-refractivity contribution in [2.45, 2.75) is 212 Å². The van der Waals surface area contributed by atoms with E-state index in [1.807, 2.05) is 6.08 Å². The number of aliphatic carboxylic acids is 1. The van der Waals surface area contributed by atoms with Crippen molar-refractivity contribution in [3.8, 4) is 0 Å². The molecule has 0 heterocycles. The highest BCUT2D eigenvalue weighted by Gasteiger charge is 2.28. The number of carbonyl (C=O) groups excluding carboxylic acids is 2. The Balaban J connectivity index is 4.41. The quantitative estimate of drug-likeness (QED) is 0.0231. The van der Waals surface area contributed by atoms with Crippen LogP contribution in [0.2, 0.25) is 0 Å². The number of phosphoric ester groups is 1. The summed E-state index contributed by atoms with van der Waals surface area (Å²) < 4.78 is 32.7. The van der Waals surface area contributed by atoms with Gasteiger partial charge in [-0.1, -0.05) is 179 Å². The predicted octanol–water partition coefficient (Wildman–Crippen LogP) is 12.0. The van der Waals surface area contributed by atoms with E-state index in [1.54, 1.807) is 0 Å². The third kappa shape index (κ3) is 40.3. The first-order valence-corrected chi connectivity index (χ1v) is 24.0. The van der Waals surface area contributed by atoms with E-state index in [2.05, 4.69) is 48.8 Å². The smallest absolute Gasteiger partial charge is 0.472 e. The number of hydrogen-bond donors (Lipinski definition) is 3. The number of carboxylic acid groups (broad SMARTS) is 1. The number of carbonyl (C=O) groups is 3. The van der Waals surface area contributed by atoms with E-state index < -0.39 is 51.1 Å². The fourth-order valence-electron chi connectivity index (χ4n) is 6.08. The van der Waals surface area contributed by atoms with Crippen LogP contribution >= 0.6 is 7.82 Å². The van der Waals surface area contributed by atoms with Gasteiger partial charge in [-0.3, -0.25) is 23.4 Å². The molecule has 57 heavy (non-hydrogen) atoms. The molecule has 4 N–H and O–H groups in total. The van der Waals surface area contributed by atoms with Gasteiger partial charge in [0.05, 0.1) is 13.2 Å². The van der Waals surface area contributed by atoms with Crippen LogP contribution in [-0.4, -0.2) is 59.9 Å². The van der Waals surface area contributed by atoms with E-state index in [9.17, 15) is 23.8 Å². The second-order valence-electron chi connectivity index (χ2n) is 15.2. The molecule has 0 fully saturated rings. The van der Waals surface area contributed by atoms with Crippen LogP contribution in [0.5, 0.6) is 0 Å². The maximum atomic E-state index is 12.6. The maximum absolute atomic E-state index is 12.6. The molecule has 0 radical (unpaired) electrons. The molecule has 0 amide bonds. The van der Waals surface area contributed by atoms with Crippen LogP contribution in [0.25, 0.3) is 0 Å². The largest absolute Gasteiger partial charge is 0.480 e. The summed E-state index contributed by atoms with van der Waals surface area (Å²) in [6, 6.07) is -1.53. The standard InChI is InChI=1S/C45H82NO10P/c1-3-5-7-9-11-13-15-17-19-21-23-24-26-28-30-32-34-36-43(47)53-38-41(39-54-57(51,52)55-40-42(46)45(49)50)56-44(48)37-35-33-31-29-27-25-22-20-18-16-14-12-10-8-6-4-2/h17,19,23-24,28,30,41-42H,3-16,18,20-22,25-27,29,31-40,46H2,1-2H3,(H,49,50)(H,51,52)/b19-17+,24-23+,30-28+/t41-,42+/m1/s1. The van der Waals surface area contributed by atoms with Crippen molar-refractivity contribution < 1.29 is 47.5 Å². The molecule has 12 heteroatoms. The van der Waals surface area contributed by atoms with Gasteiger partial charge in [-0.05, 0) is 44.9 Å². The fourth-order valence-corrected chi connectivity index (χ4v) is 6.86. The predicted molar refractivity (Wildman–Crippen MR) is 231 cm³/mol. The van der Waals surface area contributed by atoms with Gasteiger partial charge in [-0.25, -0.2) is 4.57 Å². The zero-order valence-electron chi connectivity index (χ0n) is 35.9. The lowest BCUT2D eigenvalue weighted by molar-refractivity contribution is -0.161. The van der Waals surface area contributed by atoms with Crippen LogP contribution in [0, 0.1) is 0 Å². The van der Waals surface area contributed by atoms with Crippen LogP contribution in [0.3, 0.4) is 0 Å². The monoisotopic (exact) mass is 828 g/mol. The van der Waals surface area contributed by atoms with Crippen molar-refractivity contribution in [2.75, 3.05) is 19.8 Å². The van der Waals surface area contributed by atoms with Crippen LogP contribution in [0.1, 0.15) is 200 Å². The first-order valence-electron chi connectivity index (χ1n) is 22.5. The van der Waals surface area contributed by atoms with Crippen molar-refractivity contribution in [1.82, 2.24) is 0 Å². The van der Waals surface area contributed by atoms with Crippen LogP contribution in [-0.2, 0) is 37.5 Å². The fraction of sp³-hybridized carbons (Fsp3) is 0.800. The van der Waals surface area contributed by atoms with Gasteiger partial charge in [0.2, 0.25) is 0 Å². The molecule has 0 bridgehead atoms. The van der Waals surface area contributed by atoms with Crippen molar-refractivity contribution in [3.05, 3.63) is 36.5 Å². The third-order valence-corrected chi connectivity index (χ3v) is 10.6. The normalized spacial score (nSPS) is 14.0. The summed E-state index contributed by atoms with van der Waals surface area (Å²) in [6.45, 7) is 2.76. The summed E-state index contributed by atoms with van der Waals surface area (Å²) in [5.74, 6) is -2.44. The average Bonchev–Trinajstić information content (AvgIpc) is 3.19. The lowest BCUT2D eigenvalue weighted by atomic mass is 10.0. The zero-order valence-corrected chi connectivity index (χ0v) is 36.8. The first kappa shape index (κ1) is 54.7. The Morgan fingerprint density at radius 2 is 0.947 bits per heavy atom. The minimum atomic E-state index is -4.72. The van der Waals surface area contributed by atoms with Gasteiger partial charge in [-0.2, -0.15) is 0 Å². The van der Waals surface area contributed by atoms with E-state index in [1.165, 1.54) is 116 Å². The number of unbranched alkanes of at least 4 members (excludes halogenated alkanes) is 22. The van der Waals surface area contributed by atoms with Gasteiger partial charge in [0.25, 0.3) is 0 Å². The third-order valence-electron chi connectivity index (χ3n) is 9.64. The average molecular weight is 828 g/mol. The second kappa shape index (κ2) is 40.5. The molecule has 0 aliphatic rings. The number of nitrogens with two attached hydrogens (primary N) is 1. The van der Waals surface area contributed by atoms with Gasteiger partial charge >= 0.3 is 25.7 Å². The number of hydrogen-bond acceptors (Lipinski definition) is 9. The van der Waals surface area contributed by atoms with E-state index in [0.29, 0.717) is 19.3 Å². The Labute approximate surface area is 346 Å². The molecule has 0 aromatic carbocycles. The number of allylic oxidation sites excluding steroid dienone is 6. The summed E-state index contributed by atoms with van der Waals surface area (Å²) in [5, 5.41) is 8.89. The Kier molecular flexibility index (Phi) is 38.8. The highest BCUT2D eigenvalue weighted by Crippen LogP contribution is 2.43. The molecular weight excluding hydrogens is 745 g/mol. The van der Waals surface area contributed by atoms with Crippen LogP contribution in [0.15, 0.2) is 36.5 Å². The number of rotatable bonds is 42. The molecule has 0 aliphatic heterocycles. The molecule has 0 rings (SSSR count). The van der Waals surface area contributed by atoms with Crippen molar-refractivity contribution in [2.24, 2.45) is 5.73 Å². The molecule has 3 atom stereocenters. The van der Waals surface area contributed by atoms with Crippen molar-refractivity contribution in [3.63, 3.8) is 0 Å². The minimum absolute atomic E-state index is 0.152. The summed E-state index contributed by atoms with van der Waals surface area (Å²) >= 11 is 0. The van der Waals surface area contributed by atoms with Crippen LogP contribution in [0.4, 0.5) is 0 Å². The Morgan fingerprint density at radius 3 is 1.44 bits per heavy atom. The van der Waals surface area contributed by atoms with E-state index in [0.717, 1.165) is 38.5 Å². The van der Waals surface area contributed by atoms with Crippen molar-refractivity contribution in [1.29, 1.82) is 0 Å². The lowest BCUT2D eigenvalue weighted by Gasteiger charge is -2.20. The topological polar surface area (TPSA) is 172 Å². The van der Waals surface area contributed by atoms with E-state index in [4.69, 9.17) is 24.8 Å². The van der Waals surface area contributed by atoms with Gasteiger partial charge in [0.1, 0.15) is 12.6 Å². The van der Waals surface area contributed by atoms with Gasteiger partial charge in [0.15, 0.2) is 6.10 Å². The molecule has 0 spiro atoms. The number of esters is 2. The maximum Gasteiger partial charge on any atom is 0.472 e. The highest BCUT2D eigenvalue weighted by atomic mass is 31.2. The van der Waals surface area contributed by atoms with E-state index in [-0.39, 0.29) is 19.4 Å². The van der Waals surface area contributed by atoms with Gasteiger partial charge in [0, 0.05) is 12.8 Å². The molecule has 332 valence electrons. The number of ether oxygens (including phenoxy) is 2. The summed E-state index contributed by atoms with van der Waals surface area (Å²) in [4.78, 5) is 46.0. The number of carboxylic acids is 1. The molecular formula is C45H82NO10P. The molecule has 0 aromatic rings. The summed E-state index contributed by atoms with van der Waals surface area (Å²) in [6.07, 6.45) is 43.6.